The number of amides is 2. The molecule has 6 nitrogen and oxygen atoms in total. The van der Waals surface area contributed by atoms with Gasteiger partial charge in [0, 0.05) is 31.9 Å². The third kappa shape index (κ3) is 6.48. The zero-order valence-electron chi connectivity index (χ0n) is 15.4. The normalized spacial score (nSPS) is 15.6. The maximum atomic E-state index is 12.2. The number of morpholine rings is 1. The Morgan fingerprint density at radius 1 is 1.12 bits per heavy atom. The molecule has 2 rings (SSSR count). The standard InChI is InChI=1S/C19H29N3O3/c1-19(2,3)15-6-4-5-7-16(15)21-18(24)14-17(23)20-8-9-22-10-12-25-13-11-22/h4-7H,8-14H2,1-3H3,(H,20,23)(H,21,24). The largest absolute Gasteiger partial charge is 0.379 e. The van der Waals surface area contributed by atoms with E-state index in [1.807, 2.05) is 24.3 Å². The molecule has 1 aromatic carbocycles. The molecule has 0 bridgehead atoms. The summed E-state index contributed by atoms with van der Waals surface area (Å²) >= 11 is 0. The molecule has 2 N–H and O–H groups in total. The lowest BCUT2D eigenvalue weighted by Gasteiger charge is -2.26. The highest BCUT2D eigenvalue weighted by molar-refractivity contribution is 6.03. The van der Waals surface area contributed by atoms with Crippen LogP contribution in [-0.4, -0.2) is 56.1 Å². The van der Waals surface area contributed by atoms with Crippen LogP contribution in [-0.2, 0) is 19.7 Å². The van der Waals surface area contributed by atoms with Crippen LogP contribution in [0.15, 0.2) is 24.3 Å². The number of nitrogens with zero attached hydrogens (tertiary/aromatic N) is 1. The van der Waals surface area contributed by atoms with E-state index in [1.54, 1.807) is 0 Å². The fourth-order valence-electron chi connectivity index (χ4n) is 2.83. The Balaban J connectivity index is 1.77. The summed E-state index contributed by atoms with van der Waals surface area (Å²) < 4.78 is 5.29. The third-order valence-electron chi connectivity index (χ3n) is 4.18. The molecule has 1 heterocycles. The topological polar surface area (TPSA) is 70.7 Å². The number of hydrogen-bond donors (Lipinski definition) is 2. The van der Waals surface area contributed by atoms with Crippen LogP contribution in [0.1, 0.15) is 32.8 Å². The van der Waals surface area contributed by atoms with Crippen molar-refractivity contribution in [3.05, 3.63) is 29.8 Å². The SMILES string of the molecule is CC(C)(C)c1ccccc1NC(=O)CC(=O)NCCN1CCOCC1. The van der Waals surface area contributed by atoms with Gasteiger partial charge in [-0.1, -0.05) is 39.0 Å². The summed E-state index contributed by atoms with van der Waals surface area (Å²) in [5, 5.41) is 5.67. The summed E-state index contributed by atoms with van der Waals surface area (Å²) in [6.07, 6.45) is -0.165. The van der Waals surface area contributed by atoms with Gasteiger partial charge in [0.15, 0.2) is 0 Å². The molecule has 0 aliphatic carbocycles. The van der Waals surface area contributed by atoms with Crippen molar-refractivity contribution in [2.75, 3.05) is 44.7 Å². The van der Waals surface area contributed by atoms with Gasteiger partial charge in [-0.2, -0.15) is 0 Å². The van der Waals surface area contributed by atoms with Crippen LogP contribution in [0.2, 0.25) is 0 Å². The second-order valence-corrected chi connectivity index (χ2v) is 7.32. The Morgan fingerprint density at radius 3 is 2.48 bits per heavy atom. The highest BCUT2D eigenvalue weighted by Crippen LogP contribution is 2.29. The number of carbonyl (C=O) groups excluding carboxylic acids is 2. The monoisotopic (exact) mass is 347 g/mol. The van der Waals surface area contributed by atoms with E-state index < -0.39 is 0 Å². The maximum absolute atomic E-state index is 12.2. The van der Waals surface area contributed by atoms with Gasteiger partial charge in [-0.15, -0.1) is 0 Å². The Morgan fingerprint density at radius 2 is 1.80 bits per heavy atom. The molecule has 1 fully saturated rings. The predicted octanol–water partition coefficient (Wildman–Crippen LogP) is 1.76. The van der Waals surface area contributed by atoms with E-state index >= 15 is 0 Å². The molecule has 0 spiro atoms. The van der Waals surface area contributed by atoms with E-state index in [4.69, 9.17) is 4.74 Å². The first kappa shape index (κ1) is 19.4. The van der Waals surface area contributed by atoms with E-state index in [1.165, 1.54) is 0 Å². The average molecular weight is 347 g/mol. The molecule has 0 unspecified atom stereocenters. The van der Waals surface area contributed by atoms with Gasteiger partial charge in [-0.25, -0.2) is 0 Å². The van der Waals surface area contributed by atoms with Crippen LogP contribution in [0.4, 0.5) is 5.69 Å². The van der Waals surface area contributed by atoms with Crippen molar-refractivity contribution >= 4 is 17.5 Å². The Hall–Kier alpha value is -1.92. The lowest BCUT2D eigenvalue weighted by Crippen LogP contribution is -2.41. The van der Waals surface area contributed by atoms with Crippen LogP contribution in [0.5, 0.6) is 0 Å². The van der Waals surface area contributed by atoms with Crippen molar-refractivity contribution in [3.8, 4) is 0 Å². The zero-order chi connectivity index (χ0) is 18.3. The van der Waals surface area contributed by atoms with Crippen LogP contribution in [0.3, 0.4) is 0 Å². The predicted molar refractivity (Wildman–Crippen MR) is 98.7 cm³/mol. The highest BCUT2D eigenvalue weighted by atomic mass is 16.5. The molecule has 0 saturated carbocycles. The lowest BCUT2D eigenvalue weighted by atomic mass is 9.86. The van der Waals surface area contributed by atoms with Crippen molar-refractivity contribution < 1.29 is 14.3 Å². The number of rotatable bonds is 6. The van der Waals surface area contributed by atoms with Crippen LogP contribution < -0.4 is 10.6 Å². The molecule has 0 radical (unpaired) electrons. The van der Waals surface area contributed by atoms with Crippen LogP contribution in [0, 0.1) is 0 Å². The zero-order valence-corrected chi connectivity index (χ0v) is 15.4. The van der Waals surface area contributed by atoms with E-state index in [9.17, 15) is 9.59 Å². The molecular weight excluding hydrogens is 318 g/mol. The molecule has 138 valence electrons. The van der Waals surface area contributed by atoms with Crippen LogP contribution >= 0.6 is 0 Å². The van der Waals surface area contributed by atoms with Crippen molar-refractivity contribution in [1.29, 1.82) is 0 Å². The van der Waals surface area contributed by atoms with Crippen molar-refractivity contribution in [2.45, 2.75) is 32.6 Å². The van der Waals surface area contributed by atoms with Crippen molar-refractivity contribution in [1.82, 2.24) is 10.2 Å². The van der Waals surface area contributed by atoms with Gasteiger partial charge in [0.05, 0.1) is 13.2 Å². The number of para-hydroxylation sites is 1. The first-order valence-electron chi connectivity index (χ1n) is 8.82. The Kier molecular flexibility index (Phi) is 6.96. The molecule has 6 heteroatoms. The van der Waals surface area contributed by atoms with E-state index in [0.717, 1.165) is 44.1 Å². The average Bonchev–Trinajstić information content (AvgIpc) is 2.55. The van der Waals surface area contributed by atoms with Gasteiger partial charge in [0.25, 0.3) is 0 Å². The molecule has 25 heavy (non-hydrogen) atoms. The number of anilines is 1. The first-order chi connectivity index (χ1) is 11.9. The summed E-state index contributed by atoms with van der Waals surface area (Å²) in [7, 11) is 0. The summed E-state index contributed by atoms with van der Waals surface area (Å²) in [5.74, 6) is -0.542. The van der Waals surface area contributed by atoms with Gasteiger partial charge in [-0.3, -0.25) is 14.5 Å². The van der Waals surface area contributed by atoms with Gasteiger partial charge in [0.2, 0.25) is 11.8 Å². The summed E-state index contributed by atoms with van der Waals surface area (Å²) in [4.78, 5) is 26.4. The molecule has 1 saturated heterocycles. The second kappa shape index (κ2) is 8.97. The minimum absolute atomic E-state index is 0.0791. The fourth-order valence-corrected chi connectivity index (χ4v) is 2.83. The minimum atomic E-state index is -0.291. The Bertz CT molecular complexity index is 590. The third-order valence-corrected chi connectivity index (χ3v) is 4.18. The van der Waals surface area contributed by atoms with Gasteiger partial charge in [0.1, 0.15) is 6.42 Å². The van der Waals surface area contributed by atoms with Gasteiger partial charge < -0.3 is 15.4 Å². The molecule has 1 aliphatic heterocycles. The second-order valence-electron chi connectivity index (χ2n) is 7.32. The number of carbonyl (C=O) groups is 2. The highest BCUT2D eigenvalue weighted by Gasteiger charge is 2.19. The molecule has 0 aromatic heterocycles. The smallest absolute Gasteiger partial charge is 0.233 e. The van der Waals surface area contributed by atoms with Gasteiger partial charge in [-0.05, 0) is 17.0 Å². The summed E-state index contributed by atoms with van der Waals surface area (Å²) in [6.45, 7) is 10.9. The molecule has 0 atom stereocenters. The molecule has 2 amide bonds. The summed E-state index contributed by atoms with van der Waals surface area (Å²) in [6, 6.07) is 7.70. The first-order valence-corrected chi connectivity index (χ1v) is 8.82. The molecule has 1 aromatic rings. The molecular formula is C19H29N3O3. The molecule has 1 aliphatic rings. The van der Waals surface area contributed by atoms with E-state index in [-0.39, 0.29) is 23.7 Å². The van der Waals surface area contributed by atoms with Gasteiger partial charge >= 0.3 is 0 Å². The minimum Gasteiger partial charge on any atom is -0.379 e. The number of hydrogen-bond acceptors (Lipinski definition) is 4. The fraction of sp³-hybridized carbons (Fsp3) is 0.579. The van der Waals surface area contributed by atoms with Crippen molar-refractivity contribution in [3.63, 3.8) is 0 Å². The number of benzene rings is 1. The Labute approximate surface area is 149 Å². The van der Waals surface area contributed by atoms with Crippen molar-refractivity contribution in [2.24, 2.45) is 0 Å². The van der Waals surface area contributed by atoms with E-state index in [2.05, 4.69) is 36.3 Å². The quantitative estimate of drug-likeness (QED) is 0.770. The van der Waals surface area contributed by atoms with Crippen LogP contribution in [0.25, 0.3) is 0 Å². The van der Waals surface area contributed by atoms with E-state index in [0.29, 0.717) is 6.54 Å². The maximum Gasteiger partial charge on any atom is 0.233 e. The lowest BCUT2D eigenvalue weighted by molar-refractivity contribution is -0.126. The summed E-state index contributed by atoms with van der Waals surface area (Å²) in [5.41, 5.74) is 1.74. The number of nitrogens with one attached hydrogen (secondary N) is 2. The number of ether oxygens (including phenoxy) is 1.